The lowest BCUT2D eigenvalue weighted by Gasteiger charge is -2.16. The van der Waals surface area contributed by atoms with E-state index >= 15 is 0 Å². The molecule has 0 unspecified atom stereocenters. The van der Waals surface area contributed by atoms with Gasteiger partial charge < -0.3 is 14.8 Å². The minimum Gasteiger partial charge on any atom is -0.350 e. The Hall–Kier alpha value is -3.15. The number of nitrogens with zero attached hydrogens (tertiary/aromatic N) is 2. The molecule has 1 heterocycles. The van der Waals surface area contributed by atoms with Crippen LogP contribution in [0.4, 0.5) is 10.1 Å². The Bertz CT molecular complexity index is 949. The van der Waals surface area contributed by atoms with Crippen LogP contribution in [0.3, 0.4) is 0 Å². The molecule has 3 rings (SSSR count). The van der Waals surface area contributed by atoms with Gasteiger partial charge in [0.2, 0.25) is 5.91 Å². The summed E-state index contributed by atoms with van der Waals surface area (Å²) in [4.78, 5) is 26.1. The highest BCUT2D eigenvalue weighted by molar-refractivity contribution is 6.08. The summed E-state index contributed by atoms with van der Waals surface area (Å²) in [7, 11) is 3.44. The lowest BCUT2D eigenvalue weighted by atomic mass is 10.1. The predicted octanol–water partition coefficient (Wildman–Crippen LogP) is 3.03. The van der Waals surface area contributed by atoms with E-state index in [4.69, 9.17) is 0 Å². The highest BCUT2D eigenvalue weighted by Gasteiger charge is 2.19. The Morgan fingerprint density at radius 1 is 1.16 bits per heavy atom. The molecule has 0 atom stereocenters. The van der Waals surface area contributed by atoms with Crippen LogP contribution >= 0.6 is 0 Å². The molecular formula is C19H18FN3O2. The molecule has 128 valence electrons. The molecule has 0 aliphatic heterocycles. The average molecular weight is 339 g/mol. The summed E-state index contributed by atoms with van der Waals surface area (Å²) in [6.45, 7) is -0.126. The zero-order valence-corrected chi connectivity index (χ0v) is 14.0. The molecule has 25 heavy (non-hydrogen) atoms. The molecule has 0 aliphatic carbocycles. The highest BCUT2D eigenvalue weighted by atomic mass is 19.1. The van der Waals surface area contributed by atoms with Crippen LogP contribution in [0.25, 0.3) is 10.9 Å². The van der Waals surface area contributed by atoms with Gasteiger partial charge in [0.05, 0.1) is 12.1 Å². The van der Waals surface area contributed by atoms with Gasteiger partial charge in [0.15, 0.2) is 0 Å². The van der Waals surface area contributed by atoms with E-state index < -0.39 is 5.82 Å². The molecule has 3 aromatic rings. The Labute approximate surface area is 144 Å². The molecule has 6 heteroatoms. The maximum absolute atomic E-state index is 13.2. The number of carbonyl (C=O) groups excluding carboxylic acids is 2. The summed E-state index contributed by atoms with van der Waals surface area (Å²) in [6.07, 6.45) is 1.76. The van der Waals surface area contributed by atoms with E-state index in [1.807, 2.05) is 35.9 Å². The summed E-state index contributed by atoms with van der Waals surface area (Å²) in [5.41, 5.74) is 1.85. The van der Waals surface area contributed by atoms with Crippen molar-refractivity contribution in [1.82, 2.24) is 9.47 Å². The Morgan fingerprint density at radius 2 is 1.92 bits per heavy atom. The number of nitrogens with one attached hydrogen (secondary N) is 1. The van der Waals surface area contributed by atoms with E-state index in [1.165, 1.54) is 23.1 Å². The first-order valence-electron chi connectivity index (χ1n) is 7.80. The number of amides is 2. The van der Waals surface area contributed by atoms with Crippen molar-refractivity contribution in [3.8, 4) is 0 Å². The molecule has 5 nitrogen and oxygen atoms in total. The summed E-state index contributed by atoms with van der Waals surface area (Å²) in [5, 5.41) is 3.42. The van der Waals surface area contributed by atoms with Crippen molar-refractivity contribution >= 4 is 28.4 Å². The second kappa shape index (κ2) is 6.76. The van der Waals surface area contributed by atoms with Crippen LogP contribution in [0.2, 0.25) is 0 Å². The van der Waals surface area contributed by atoms with Gasteiger partial charge in [-0.1, -0.05) is 24.3 Å². The zero-order chi connectivity index (χ0) is 18.0. The van der Waals surface area contributed by atoms with E-state index in [1.54, 1.807) is 19.3 Å². The topological polar surface area (TPSA) is 54.3 Å². The highest BCUT2D eigenvalue weighted by Crippen LogP contribution is 2.21. The SMILES string of the molecule is CN(CC(=O)Nc1cccc(F)c1)C(=O)c1cn(C)c2ccccc12. The number of hydrogen-bond donors (Lipinski definition) is 1. The number of aryl methyl sites for hydroxylation is 1. The molecule has 0 spiro atoms. The molecule has 1 N–H and O–H groups in total. The smallest absolute Gasteiger partial charge is 0.256 e. The second-order valence-electron chi connectivity index (χ2n) is 5.89. The number of benzene rings is 2. The van der Waals surface area contributed by atoms with E-state index in [-0.39, 0.29) is 18.4 Å². The Morgan fingerprint density at radius 3 is 2.68 bits per heavy atom. The standard InChI is InChI=1S/C19H18FN3O2/c1-22-11-16(15-8-3-4-9-17(15)22)19(25)23(2)12-18(24)21-14-7-5-6-13(20)10-14/h3-11H,12H2,1-2H3,(H,21,24). The average Bonchev–Trinajstić information content (AvgIpc) is 2.91. The predicted molar refractivity (Wildman–Crippen MR) is 94.9 cm³/mol. The third-order valence-corrected chi connectivity index (χ3v) is 3.96. The minimum absolute atomic E-state index is 0.126. The largest absolute Gasteiger partial charge is 0.350 e. The number of aromatic nitrogens is 1. The number of fused-ring (bicyclic) bond motifs is 1. The molecule has 0 radical (unpaired) electrons. The van der Waals surface area contributed by atoms with Gasteiger partial charge in [-0.3, -0.25) is 9.59 Å². The van der Waals surface area contributed by atoms with E-state index in [9.17, 15) is 14.0 Å². The van der Waals surface area contributed by atoms with Gasteiger partial charge in [0, 0.05) is 36.9 Å². The Kier molecular flexibility index (Phi) is 4.52. The van der Waals surface area contributed by atoms with Crippen LogP contribution in [0.1, 0.15) is 10.4 Å². The number of para-hydroxylation sites is 1. The summed E-state index contributed by atoms with van der Waals surface area (Å²) >= 11 is 0. The van der Waals surface area contributed by atoms with Crippen molar-refractivity contribution in [2.75, 3.05) is 18.9 Å². The van der Waals surface area contributed by atoms with Crippen LogP contribution in [-0.2, 0) is 11.8 Å². The number of carbonyl (C=O) groups is 2. The summed E-state index contributed by atoms with van der Waals surface area (Å²) < 4.78 is 15.0. The number of rotatable bonds is 4. The molecule has 0 saturated heterocycles. The van der Waals surface area contributed by atoms with Crippen LogP contribution in [0, 0.1) is 5.82 Å². The number of anilines is 1. The van der Waals surface area contributed by atoms with Gasteiger partial charge in [-0.15, -0.1) is 0 Å². The molecule has 0 bridgehead atoms. The van der Waals surface area contributed by atoms with Gasteiger partial charge in [-0.2, -0.15) is 0 Å². The lowest BCUT2D eigenvalue weighted by Crippen LogP contribution is -2.34. The first-order chi connectivity index (χ1) is 12.0. The number of hydrogen-bond acceptors (Lipinski definition) is 2. The third-order valence-electron chi connectivity index (χ3n) is 3.96. The van der Waals surface area contributed by atoms with Crippen molar-refractivity contribution in [1.29, 1.82) is 0 Å². The first kappa shape index (κ1) is 16.7. The van der Waals surface area contributed by atoms with Gasteiger partial charge in [0.1, 0.15) is 5.82 Å². The van der Waals surface area contributed by atoms with E-state index in [2.05, 4.69) is 5.32 Å². The van der Waals surface area contributed by atoms with Crippen molar-refractivity contribution in [3.63, 3.8) is 0 Å². The molecular weight excluding hydrogens is 321 g/mol. The molecule has 2 aromatic carbocycles. The number of halogens is 1. The van der Waals surface area contributed by atoms with Crippen molar-refractivity contribution < 1.29 is 14.0 Å². The van der Waals surface area contributed by atoms with Gasteiger partial charge >= 0.3 is 0 Å². The maximum atomic E-state index is 13.2. The van der Waals surface area contributed by atoms with Crippen molar-refractivity contribution in [2.45, 2.75) is 0 Å². The van der Waals surface area contributed by atoms with Crippen LogP contribution in [0.15, 0.2) is 54.7 Å². The molecule has 1 aromatic heterocycles. The lowest BCUT2D eigenvalue weighted by molar-refractivity contribution is -0.116. The van der Waals surface area contributed by atoms with Crippen LogP contribution in [0.5, 0.6) is 0 Å². The minimum atomic E-state index is -0.432. The fraction of sp³-hybridized carbons (Fsp3) is 0.158. The zero-order valence-electron chi connectivity index (χ0n) is 14.0. The summed E-state index contributed by atoms with van der Waals surface area (Å²) in [6, 6.07) is 13.2. The first-order valence-corrected chi connectivity index (χ1v) is 7.80. The van der Waals surface area contributed by atoms with Crippen LogP contribution < -0.4 is 5.32 Å². The van der Waals surface area contributed by atoms with Gasteiger partial charge in [-0.05, 0) is 24.3 Å². The van der Waals surface area contributed by atoms with Crippen LogP contribution in [-0.4, -0.2) is 34.9 Å². The normalized spacial score (nSPS) is 10.7. The van der Waals surface area contributed by atoms with E-state index in [0.29, 0.717) is 11.3 Å². The molecule has 0 saturated carbocycles. The monoisotopic (exact) mass is 339 g/mol. The quantitative estimate of drug-likeness (QED) is 0.794. The van der Waals surface area contributed by atoms with Crippen molar-refractivity contribution in [2.24, 2.45) is 7.05 Å². The van der Waals surface area contributed by atoms with Gasteiger partial charge in [-0.25, -0.2) is 4.39 Å². The van der Waals surface area contributed by atoms with Crippen molar-refractivity contribution in [3.05, 3.63) is 66.1 Å². The fourth-order valence-corrected chi connectivity index (χ4v) is 2.77. The van der Waals surface area contributed by atoms with Gasteiger partial charge in [0.25, 0.3) is 5.91 Å². The third kappa shape index (κ3) is 3.52. The fourth-order valence-electron chi connectivity index (χ4n) is 2.77. The van der Waals surface area contributed by atoms with E-state index in [0.717, 1.165) is 10.9 Å². The molecule has 0 fully saturated rings. The Balaban J connectivity index is 1.73. The molecule has 0 aliphatic rings. The second-order valence-corrected chi connectivity index (χ2v) is 5.89. The molecule has 2 amide bonds. The number of likely N-dealkylation sites (N-methyl/N-ethyl adjacent to an activating group) is 1. The maximum Gasteiger partial charge on any atom is 0.256 e. The summed E-state index contributed by atoms with van der Waals surface area (Å²) in [5.74, 6) is -1.06.